The molecule has 19 heavy (non-hydrogen) atoms. The normalized spacial score (nSPS) is 10.8. The van der Waals surface area contributed by atoms with Crippen LogP contribution in [0.5, 0.6) is 0 Å². The molecule has 0 bridgehead atoms. The first-order valence-corrected chi connectivity index (χ1v) is 9.50. The molecule has 0 saturated heterocycles. The molecule has 0 spiro atoms. The number of carbonyl (C=O) groups excluding carboxylic acids is 1. The largest absolute Gasteiger partial charge is 0.300 e. The Labute approximate surface area is 125 Å². The Hall–Kier alpha value is 0.0200. The number of hydrogen-bond acceptors (Lipinski definition) is 2. The van der Waals surface area contributed by atoms with Crippen molar-refractivity contribution in [3.63, 3.8) is 0 Å². The SMILES string of the molecule is CCCCCCCCCCCCSCCCC(C)=O. The van der Waals surface area contributed by atoms with E-state index in [1.54, 1.807) is 6.92 Å². The van der Waals surface area contributed by atoms with Gasteiger partial charge in [0.15, 0.2) is 0 Å². The summed E-state index contributed by atoms with van der Waals surface area (Å²) in [6.45, 7) is 3.96. The van der Waals surface area contributed by atoms with Gasteiger partial charge in [-0.15, -0.1) is 0 Å². The molecule has 0 rings (SSSR count). The Morgan fingerprint density at radius 2 is 1.21 bits per heavy atom. The summed E-state index contributed by atoms with van der Waals surface area (Å²) in [5.41, 5.74) is 0. The van der Waals surface area contributed by atoms with Crippen LogP contribution in [0.25, 0.3) is 0 Å². The van der Waals surface area contributed by atoms with Gasteiger partial charge in [0.05, 0.1) is 0 Å². The molecule has 0 unspecified atom stereocenters. The van der Waals surface area contributed by atoms with Gasteiger partial charge >= 0.3 is 0 Å². The second-order valence-corrected chi connectivity index (χ2v) is 6.82. The molecule has 2 heteroatoms. The Kier molecular flexibility index (Phi) is 16.1. The third-order valence-corrected chi connectivity index (χ3v) is 4.61. The minimum atomic E-state index is 0.333. The average Bonchev–Trinajstić information content (AvgIpc) is 2.39. The maximum atomic E-state index is 10.8. The van der Waals surface area contributed by atoms with E-state index in [1.807, 2.05) is 11.8 Å². The number of carbonyl (C=O) groups is 1. The van der Waals surface area contributed by atoms with Gasteiger partial charge in [-0.25, -0.2) is 0 Å². The summed E-state index contributed by atoms with van der Waals surface area (Å²) < 4.78 is 0. The summed E-state index contributed by atoms with van der Waals surface area (Å²) in [4.78, 5) is 10.8. The molecule has 0 aliphatic rings. The highest BCUT2D eigenvalue weighted by molar-refractivity contribution is 7.99. The Bertz CT molecular complexity index is 192. The number of unbranched alkanes of at least 4 members (excludes halogenated alkanes) is 9. The molecular formula is C17H34OS. The molecule has 0 fully saturated rings. The van der Waals surface area contributed by atoms with Crippen molar-refractivity contribution in [2.45, 2.75) is 90.9 Å². The van der Waals surface area contributed by atoms with Gasteiger partial charge in [-0.2, -0.15) is 11.8 Å². The van der Waals surface area contributed by atoms with Crippen molar-refractivity contribution in [2.75, 3.05) is 11.5 Å². The topological polar surface area (TPSA) is 17.1 Å². The fraction of sp³-hybridized carbons (Fsp3) is 0.941. The summed E-state index contributed by atoms with van der Waals surface area (Å²) in [6.07, 6.45) is 16.0. The van der Waals surface area contributed by atoms with Gasteiger partial charge in [0, 0.05) is 6.42 Å². The highest BCUT2D eigenvalue weighted by Crippen LogP contribution is 2.13. The zero-order valence-electron chi connectivity index (χ0n) is 13.2. The molecule has 0 heterocycles. The second-order valence-electron chi connectivity index (χ2n) is 5.60. The molecule has 0 N–H and O–H groups in total. The standard InChI is InChI=1S/C17H34OS/c1-3-4-5-6-7-8-9-10-11-12-15-19-16-13-14-17(2)18/h3-16H2,1-2H3. The van der Waals surface area contributed by atoms with Crippen LogP contribution < -0.4 is 0 Å². The van der Waals surface area contributed by atoms with E-state index in [2.05, 4.69) is 6.92 Å². The van der Waals surface area contributed by atoms with Crippen LogP contribution in [0.15, 0.2) is 0 Å². The zero-order valence-corrected chi connectivity index (χ0v) is 14.0. The molecule has 0 aliphatic carbocycles. The van der Waals surface area contributed by atoms with E-state index in [-0.39, 0.29) is 0 Å². The lowest BCUT2D eigenvalue weighted by Crippen LogP contribution is -1.92. The lowest BCUT2D eigenvalue weighted by molar-refractivity contribution is -0.117. The molecular weight excluding hydrogens is 252 g/mol. The molecule has 1 nitrogen and oxygen atoms in total. The Morgan fingerprint density at radius 3 is 1.74 bits per heavy atom. The molecule has 0 aromatic heterocycles. The maximum absolute atomic E-state index is 10.8. The number of thioether (sulfide) groups is 1. The minimum Gasteiger partial charge on any atom is -0.300 e. The van der Waals surface area contributed by atoms with Gasteiger partial charge < -0.3 is 4.79 Å². The van der Waals surface area contributed by atoms with E-state index in [0.29, 0.717) is 5.78 Å². The molecule has 0 radical (unpaired) electrons. The summed E-state index contributed by atoms with van der Waals surface area (Å²) in [5, 5.41) is 0. The number of rotatable bonds is 15. The van der Waals surface area contributed by atoms with Gasteiger partial charge in [-0.1, -0.05) is 64.7 Å². The maximum Gasteiger partial charge on any atom is 0.129 e. The summed E-state index contributed by atoms with van der Waals surface area (Å²) in [6, 6.07) is 0. The van der Waals surface area contributed by atoms with E-state index >= 15 is 0 Å². The van der Waals surface area contributed by atoms with Crippen LogP contribution in [0.4, 0.5) is 0 Å². The molecule has 0 aromatic carbocycles. The van der Waals surface area contributed by atoms with E-state index in [0.717, 1.165) is 18.6 Å². The van der Waals surface area contributed by atoms with Crippen molar-refractivity contribution in [2.24, 2.45) is 0 Å². The van der Waals surface area contributed by atoms with E-state index in [4.69, 9.17) is 0 Å². The van der Waals surface area contributed by atoms with Gasteiger partial charge in [-0.3, -0.25) is 0 Å². The third-order valence-electron chi connectivity index (χ3n) is 3.46. The second kappa shape index (κ2) is 16.1. The molecule has 0 saturated carbocycles. The van der Waals surface area contributed by atoms with Gasteiger partial charge in [0.2, 0.25) is 0 Å². The van der Waals surface area contributed by atoms with Gasteiger partial charge in [0.1, 0.15) is 5.78 Å². The predicted octanol–water partition coefficient (Wildman–Crippen LogP) is 6.01. The third kappa shape index (κ3) is 18.0. The summed E-state index contributed by atoms with van der Waals surface area (Å²) >= 11 is 2.02. The summed E-state index contributed by atoms with van der Waals surface area (Å²) in [7, 11) is 0. The lowest BCUT2D eigenvalue weighted by atomic mass is 10.1. The molecule has 0 amide bonds. The van der Waals surface area contributed by atoms with Crippen molar-refractivity contribution in [1.29, 1.82) is 0 Å². The first kappa shape index (κ1) is 19.0. The highest BCUT2D eigenvalue weighted by atomic mass is 32.2. The van der Waals surface area contributed by atoms with E-state index in [9.17, 15) is 4.79 Å². The first-order valence-electron chi connectivity index (χ1n) is 8.34. The van der Waals surface area contributed by atoms with Gasteiger partial charge in [-0.05, 0) is 31.3 Å². The first-order chi connectivity index (χ1) is 9.27. The van der Waals surface area contributed by atoms with Gasteiger partial charge in [0.25, 0.3) is 0 Å². The van der Waals surface area contributed by atoms with Crippen molar-refractivity contribution in [1.82, 2.24) is 0 Å². The van der Waals surface area contributed by atoms with Crippen molar-refractivity contribution < 1.29 is 4.79 Å². The highest BCUT2D eigenvalue weighted by Gasteiger charge is 1.95. The molecule has 0 aromatic rings. The predicted molar refractivity (Wildman–Crippen MR) is 89.1 cm³/mol. The fourth-order valence-electron chi connectivity index (χ4n) is 2.22. The quantitative estimate of drug-likeness (QED) is 0.343. The van der Waals surface area contributed by atoms with Crippen LogP contribution in [0.3, 0.4) is 0 Å². The van der Waals surface area contributed by atoms with Crippen molar-refractivity contribution in [3.05, 3.63) is 0 Å². The molecule has 0 aliphatic heterocycles. The van der Waals surface area contributed by atoms with Crippen molar-refractivity contribution >= 4 is 17.5 Å². The number of Topliss-reactive ketones (excluding diaryl/α,β-unsaturated/α-hetero) is 1. The monoisotopic (exact) mass is 286 g/mol. The number of hydrogen-bond donors (Lipinski definition) is 0. The van der Waals surface area contributed by atoms with Crippen LogP contribution in [0.2, 0.25) is 0 Å². The van der Waals surface area contributed by atoms with Crippen LogP contribution in [0.1, 0.15) is 90.9 Å². The fourth-order valence-corrected chi connectivity index (χ4v) is 3.18. The number of ketones is 1. The Morgan fingerprint density at radius 1 is 0.737 bits per heavy atom. The van der Waals surface area contributed by atoms with E-state index in [1.165, 1.54) is 70.0 Å². The van der Waals surface area contributed by atoms with Crippen LogP contribution >= 0.6 is 11.8 Å². The lowest BCUT2D eigenvalue weighted by Gasteiger charge is -2.02. The average molecular weight is 287 g/mol. The smallest absolute Gasteiger partial charge is 0.129 e. The van der Waals surface area contributed by atoms with Crippen LogP contribution in [-0.4, -0.2) is 17.3 Å². The van der Waals surface area contributed by atoms with Crippen LogP contribution in [0, 0.1) is 0 Å². The zero-order chi connectivity index (χ0) is 14.2. The Balaban J connectivity index is 2.93. The van der Waals surface area contributed by atoms with Crippen molar-refractivity contribution in [3.8, 4) is 0 Å². The van der Waals surface area contributed by atoms with Crippen LogP contribution in [-0.2, 0) is 4.79 Å². The van der Waals surface area contributed by atoms with E-state index < -0.39 is 0 Å². The summed E-state index contributed by atoms with van der Waals surface area (Å²) in [5.74, 6) is 2.78. The molecule has 114 valence electrons. The molecule has 0 atom stereocenters. The minimum absolute atomic E-state index is 0.333.